The summed E-state index contributed by atoms with van der Waals surface area (Å²) in [5, 5.41) is 0. The van der Waals surface area contributed by atoms with E-state index < -0.39 is 10.2 Å². The molecule has 1 aromatic rings. The highest BCUT2D eigenvalue weighted by Crippen LogP contribution is 2.20. The molecule has 0 heterocycles. The summed E-state index contributed by atoms with van der Waals surface area (Å²) >= 11 is 0. The van der Waals surface area contributed by atoms with Crippen LogP contribution in [0.25, 0.3) is 0 Å². The molecule has 19 heavy (non-hydrogen) atoms. The van der Waals surface area contributed by atoms with Gasteiger partial charge in [0.05, 0.1) is 5.69 Å². The molecule has 0 saturated carbocycles. The first-order chi connectivity index (χ1) is 9.07. The lowest BCUT2D eigenvalue weighted by atomic mass is 10.3. The number of hydrogen-bond donors (Lipinski definition) is 1. The number of rotatable bonds is 8. The lowest BCUT2D eigenvalue weighted by molar-refractivity contribution is 0.441. The van der Waals surface area contributed by atoms with Crippen LogP contribution in [0.3, 0.4) is 0 Å². The largest absolute Gasteiger partial charge is 0.330 e. The smallest absolute Gasteiger partial charge is 0.304 e. The van der Waals surface area contributed by atoms with E-state index in [0.29, 0.717) is 38.3 Å². The molecule has 0 unspecified atom stereocenters. The summed E-state index contributed by atoms with van der Waals surface area (Å²) in [5.41, 5.74) is 6.19. The van der Waals surface area contributed by atoms with E-state index in [0.717, 1.165) is 0 Å². The number of para-hydroxylation sites is 1. The van der Waals surface area contributed by atoms with Crippen LogP contribution in [-0.4, -0.2) is 38.9 Å². The first-order valence-corrected chi connectivity index (χ1v) is 8.00. The van der Waals surface area contributed by atoms with Crippen molar-refractivity contribution >= 4 is 15.9 Å². The molecule has 1 rings (SSSR count). The topological polar surface area (TPSA) is 66.6 Å². The first kappa shape index (κ1) is 15.9. The summed E-state index contributed by atoms with van der Waals surface area (Å²) in [6, 6.07) is 9.15. The Labute approximate surface area is 116 Å². The maximum Gasteiger partial charge on any atom is 0.304 e. The van der Waals surface area contributed by atoms with Gasteiger partial charge in [-0.15, -0.1) is 0 Å². The van der Waals surface area contributed by atoms with E-state index in [1.165, 1.54) is 8.61 Å². The second kappa shape index (κ2) is 7.47. The van der Waals surface area contributed by atoms with Crippen LogP contribution < -0.4 is 10.0 Å². The summed E-state index contributed by atoms with van der Waals surface area (Å²) in [7, 11) is -3.48. The molecule has 0 radical (unpaired) electrons. The Kier molecular flexibility index (Phi) is 6.27. The fraction of sp³-hybridized carbons (Fsp3) is 0.538. The van der Waals surface area contributed by atoms with Crippen LogP contribution in [0.2, 0.25) is 0 Å². The molecule has 0 saturated heterocycles. The highest BCUT2D eigenvalue weighted by atomic mass is 32.2. The number of nitrogens with two attached hydrogens (primary N) is 1. The Morgan fingerprint density at radius 3 is 2.16 bits per heavy atom. The van der Waals surface area contributed by atoms with Crippen LogP contribution in [0.15, 0.2) is 30.3 Å². The lowest BCUT2D eigenvalue weighted by Gasteiger charge is -2.30. The molecule has 0 bridgehead atoms. The van der Waals surface area contributed by atoms with Gasteiger partial charge in [0.15, 0.2) is 0 Å². The maximum atomic E-state index is 12.6. The van der Waals surface area contributed by atoms with Crippen LogP contribution in [0, 0.1) is 0 Å². The van der Waals surface area contributed by atoms with Crippen molar-refractivity contribution in [2.45, 2.75) is 20.3 Å². The fourth-order valence-electron chi connectivity index (χ4n) is 1.90. The molecule has 108 valence electrons. The minimum atomic E-state index is -3.48. The van der Waals surface area contributed by atoms with E-state index in [2.05, 4.69) is 0 Å². The standard InChI is InChI=1S/C13H23N3O2S/c1-3-15(4-2)19(17,18)16(12-8-11-14)13-9-6-5-7-10-13/h5-7,9-10H,3-4,8,11-12,14H2,1-2H3. The Balaban J connectivity index is 3.10. The number of hydrogen-bond acceptors (Lipinski definition) is 3. The van der Waals surface area contributed by atoms with Gasteiger partial charge in [-0.2, -0.15) is 12.7 Å². The quantitative estimate of drug-likeness (QED) is 0.785. The SMILES string of the molecule is CCN(CC)S(=O)(=O)N(CCCN)c1ccccc1. The predicted octanol–water partition coefficient (Wildman–Crippen LogP) is 1.43. The van der Waals surface area contributed by atoms with Gasteiger partial charge in [-0.05, 0) is 25.1 Å². The second-order valence-corrected chi connectivity index (χ2v) is 5.99. The van der Waals surface area contributed by atoms with Gasteiger partial charge in [-0.3, -0.25) is 4.31 Å². The molecule has 0 spiro atoms. The zero-order chi connectivity index (χ0) is 14.3. The van der Waals surface area contributed by atoms with Crippen LogP contribution in [0.4, 0.5) is 5.69 Å². The summed E-state index contributed by atoms with van der Waals surface area (Å²) in [6.07, 6.45) is 0.634. The average molecular weight is 285 g/mol. The monoisotopic (exact) mass is 285 g/mol. The van der Waals surface area contributed by atoms with Gasteiger partial charge in [-0.25, -0.2) is 0 Å². The maximum absolute atomic E-state index is 12.6. The van der Waals surface area contributed by atoms with Crippen molar-refractivity contribution in [1.29, 1.82) is 0 Å². The van der Waals surface area contributed by atoms with Crippen molar-refractivity contribution in [2.75, 3.05) is 30.5 Å². The van der Waals surface area contributed by atoms with E-state index in [1.54, 1.807) is 12.1 Å². The number of nitrogens with zero attached hydrogens (tertiary/aromatic N) is 2. The molecule has 6 heteroatoms. The molecule has 2 N–H and O–H groups in total. The van der Waals surface area contributed by atoms with Gasteiger partial charge in [-0.1, -0.05) is 32.0 Å². The Morgan fingerprint density at radius 1 is 1.11 bits per heavy atom. The molecule has 0 atom stereocenters. The number of anilines is 1. The van der Waals surface area contributed by atoms with Crippen molar-refractivity contribution in [2.24, 2.45) is 5.73 Å². The minimum Gasteiger partial charge on any atom is -0.330 e. The van der Waals surface area contributed by atoms with Crippen LogP contribution >= 0.6 is 0 Å². The molecular weight excluding hydrogens is 262 g/mol. The van der Waals surface area contributed by atoms with Crippen LogP contribution in [0.5, 0.6) is 0 Å². The third-order valence-electron chi connectivity index (χ3n) is 2.92. The normalized spacial score (nSPS) is 11.8. The van der Waals surface area contributed by atoms with E-state index >= 15 is 0 Å². The predicted molar refractivity (Wildman–Crippen MR) is 79.3 cm³/mol. The number of benzene rings is 1. The Morgan fingerprint density at radius 2 is 1.68 bits per heavy atom. The zero-order valence-corrected chi connectivity index (χ0v) is 12.4. The summed E-state index contributed by atoms with van der Waals surface area (Å²) in [5.74, 6) is 0. The Bertz CT molecular complexity index is 458. The zero-order valence-electron chi connectivity index (χ0n) is 11.6. The van der Waals surface area contributed by atoms with Crippen molar-refractivity contribution < 1.29 is 8.42 Å². The molecule has 0 amide bonds. The minimum absolute atomic E-state index is 0.402. The Hall–Kier alpha value is -1.11. The summed E-state index contributed by atoms with van der Waals surface area (Å²) in [6.45, 7) is 5.48. The molecule has 0 aromatic heterocycles. The highest BCUT2D eigenvalue weighted by molar-refractivity contribution is 7.90. The second-order valence-electron chi connectivity index (χ2n) is 4.14. The third kappa shape index (κ3) is 3.92. The molecule has 0 aliphatic carbocycles. The lowest BCUT2D eigenvalue weighted by Crippen LogP contribution is -2.44. The van der Waals surface area contributed by atoms with E-state index in [4.69, 9.17) is 5.73 Å². The van der Waals surface area contributed by atoms with E-state index in [9.17, 15) is 8.42 Å². The van der Waals surface area contributed by atoms with Gasteiger partial charge < -0.3 is 5.73 Å². The molecule has 0 aliphatic heterocycles. The molecule has 0 fully saturated rings. The van der Waals surface area contributed by atoms with Crippen LogP contribution in [0.1, 0.15) is 20.3 Å². The highest BCUT2D eigenvalue weighted by Gasteiger charge is 2.27. The van der Waals surface area contributed by atoms with Crippen molar-refractivity contribution in [3.05, 3.63) is 30.3 Å². The average Bonchev–Trinajstić information content (AvgIpc) is 2.41. The first-order valence-electron chi connectivity index (χ1n) is 6.60. The van der Waals surface area contributed by atoms with Gasteiger partial charge in [0, 0.05) is 19.6 Å². The summed E-state index contributed by atoms with van der Waals surface area (Å²) < 4.78 is 28.1. The third-order valence-corrected chi connectivity index (χ3v) is 5.04. The molecule has 0 aliphatic rings. The van der Waals surface area contributed by atoms with Crippen molar-refractivity contribution in [3.63, 3.8) is 0 Å². The van der Waals surface area contributed by atoms with Gasteiger partial charge >= 0.3 is 10.2 Å². The fourth-order valence-corrected chi connectivity index (χ4v) is 3.58. The summed E-state index contributed by atoms with van der Waals surface area (Å²) in [4.78, 5) is 0. The van der Waals surface area contributed by atoms with Crippen molar-refractivity contribution in [1.82, 2.24) is 4.31 Å². The van der Waals surface area contributed by atoms with Crippen molar-refractivity contribution in [3.8, 4) is 0 Å². The molecule has 5 nitrogen and oxygen atoms in total. The van der Waals surface area contributed by atoms with Crippen LogP contribution in [-0.2, 0) is 10.2 Å². The molecule has 1 aromatic carbocycles. The molecular formula is C13H23N3O2S. The van der Waals surface area contributed by atoms with Gasteiger partial charge in [0.25, 0.3) is 0 Å². The van der Waals surface area contributed by atoms with E-state index in [1.807, 2.05) is 32.0 Å². The van der Waals surface area contributed by atoms with Gasteiger partial charge in [0.2, 0.25) is 0 Å². The van der Waals surface area contributed by atoms with Gasteiger partial charge in [0.1, 0.15) is 0 Å². The van der Waals surface area contributed by atoms with E-state index in [-0.39, 0.29) is 0 Å².